The van der Waals surface area contributed by atoms with Gasteiger partial charge in [0.05, 0.1) is 0 Å². The highest BCUT2D eigenvalue weighted by Gasteiger charge is 2.06. The molecule has 0 N–H and O–H groups in total. The molecule has 2 aromatic rings. The Morgan fingerprint density at radius 2 is 2.00 bits per heavy atom. The largest absolute Gasteiger partial charge is 0.355 e. The summed E-state index contributed by atoms with van der Waals surface area (Å²) >= 11 is 0. The number of hydrogen-bond acceptors (Lipinski definition) is 4. The first-order valence-corrected chi connectivity index (χ1v) is 3.58. The molecule has 2 rings (SSSR count). The average molecular weight is 181 g/mol. The highest BCUT2D eigenvalue weighted by atomic mass is 16.2. The van der Waals surface area contributed by atoms with Gasteiger partial charge in [-0.3, -0.25) is 0 Å². The topological polar surface area (TPSA) is 74.2 Å². The van der Waals surface area contributed by atoms with Gasteiger partial charge in [-0.2, -0.15) is 10.1 Å². The molecule has 0 aliphatic heterocycles. The van der Waals surface area contributed by atoms with E-state index in [1.807, 2.05) is 0 Å². The van der Waals surface area contributed by atoms with Crippen molar-refractivity contribution in [2.45, 2.75) is 0 Å². The molecule has 0 atom stereocenters. The molecule has 0 aliphatic carbocycles. The van der Waals surface area contributed by atoms with E-state index in [0.29, 0.717) is 0 Å². The number of aryl methyl sites for hydroxylation is 1. The van der Waals surface area contributed by atoms with E-state index in [0.717, 1.165) is 9.08 Å². The maximum atomic E-state index is 11.4. The molecule has 0 saturated carbocycles. The third-order valence-electron chi connectivity index (χ3n) is 1.80. The van der Waals surface area contributed by atoms with Crippen LogP contribution < -0.4 is 11.4 Å². The molecule has 2 aromatic heterocycles. The van der Waals surface area contributed by atoms with Crippen molar-refractivity contribution in [2.75, 3.05) is 0 Å². The monoisotopic (exact) mass is 181 g/mol. The summed E-state index contributed by atoms with van der Waals surface area (Å²) in [4.78, 5) is 26.1. The van der Waals surface area contributed by atoms with E-state index in [4.69, 9.17) is 0 Å². The molecule has 7 nitrogen and oxygen atoms in total. The Hall–Kier alpha value is -1.92. The van der Waals surface area contributed by atoms with E-state index in [-0.39, 0.29) is 5.78 Å². The average Bonchev–Trinajstić information content (AvgIpc) is 2.45. The van der Waals surface area contributed by atoms with E-state index in [9.17, 15) is 9.59 Å². The minimum Gasteiger partial charge on any atom is -0.302 e. The standard InChI is InChI=1S/C6H7N5O2/c1-9-3-7-11-4(9)8-5(12)10(2)6(11)13/h3H,1-2H3. The number of nitrogens with zero attached hydrogens (tertiary/aromatic N) is 5. The van der Waals surface area contributed by atoms with Crippen LogP contribution in [0.3, 0.4) is 0 Å². The van der Waals surface area contributed by atoms with Crippen molar-refractivity contribution < 1.29 is 0 Å². The molecule has 0 aliphatic rings. The van der Waals surface area contributed by atoms with Crippen LogP contribution in [0.2, 0.25) is 0 Å². The fourth-order valence-corrected chi connectivity index (χ4v) is 1.03. The van der Waals surface area contributed by atoms with Crippen molar-refractivity contribution in [3.05, 3.63) is 27.3 Å². The van der Waals surface area contributed by atoms with Crippen LogP contribution in [-0.4, -0.2) is 23.7 Å². The maximum absolute atomic E-state index is 11.4. The van der Waals surface area contributed by atoms with Crippen LogP contribution in [0.5, 0.6) is 0 Å². The number of rotatable bonds is 0. The zero-order chi connectivity index (χ0) is 9.59. The van der Waals surface area contributed by atoms with Crippen LogP contribution in [0, 0.1) is 0 Å². The van der Waals surface area contributed by atoms with E-state index >= 15 is 0 Å². The van der Waals surface area contributed by atoms with Gasteiger partial charge < -0.3 is 4.57 Å². The predicted molar refractivity (Wildman–Crippen MR) is 43.5 cm³/mol. The van der Waals surface area contributed by atoms with Gasteiger partial charge in [-0.1, -0.05) is 0 Å². The van der Waals surface area contributed by atoms with Gasteiger partial charge in [-0.25, -0.2) is 14.2 Å². The lowest BCUT2D eigenvalue weighted by atomic mass is 10.9. The van der Waals surface area contributed by atoms with E-state index < -0.39 is 11.4 Å². The molecule has 68 valence electrons. The zero-order valence-electron chi connectivity index (χ0n) is 7.13. The molecule has 0 amide bonds. The van der Waals surface area contributed by atoms with Crippen LogP contribution in [0.4, 0.5) is 0 Å². The van der Waals surface area contributed by atoms with Crippen LogP contribution in [-0.2, 0) is 14.1 Å². The summed E-state index contributed by atoms with van der Waals surface area (Å²) in [7, 11) is 3.02. The lowest BCUT2D eigenvalue weighted by Gasteiger charge is -1.95. The molecule has 0 aromatic carbocycles. The van der Waals surface area contributed by atoms with E-state index in [1.165, 1.54) is 17.9 Å². The molecule has 0 unspecified atom stereocenters. The molecule has 0 fully saturated rings. The quantitative estimate of drug-likeness (QED) is 0.477. The minimum atomic E-state index is -0.575. The van der Waals surface area contributed by atoms with Crippen molar-refractivity contribution in [3.63, 3.8) is 0 Å². The van der Waals surface area contributed by atoms with Crippen molar-refractivity contribution in [3.8, 4) is 0 Å². The van der Waals surface area contributed by atoms with E-state index in [2.05, 4.69) is 10.1 Å². The first-order chi connectivity index (χ1) is 6.11. The van der Waals surface area contributed by atoms with Gasteiger partial charge in [0.2, 0.25) is 5.78 Å². The smallest absolute Gasteiger partial charge is 0.302 e. The first-order valence-electron chi connectivity index (χ1n) is 3.58. The Labute approximate surface area is 71.9 Å². The summed E-state index contributed by atoms with van der Waals surface area (Å²) in [6, 6.07) is 0. The molecule has 0 radical (unpaired) electrons. The lowest BCUT2D eigenvalue weighted by Crippen LogP contribution is -2.37. The van der Waals surface area contributed by atoms with Gasteiger partial charge >= 0.3 is 11.4 Å². The van der Waals surface area contributed by atoms with Crippen molar-refractivity contribution in [2.24, 2.45) is 14.1 Å². The molecular weight excluding hydrogens is 174 g/mol. The molecule has 7 heteroatoms. The SMILES string of the molecule is Cn1c(=O)nc2n(C)cnn2c1=O. The normalized spacial score (nSPS) is 10.9. The van der Waals surface area contributed by atoms with Crippen molar-refractivity contribution in [1.29, 1.82) is 0 Å². The lowest BCUT2D eigenvalue weighted by molar-refractivity contribution is 0.682. The van der Waals surface area contributed by atoms with Crippen LogP contribution >= 0.6 is 0 Å². The van der Waals surface area contributed by atoms with Gasteiger partial charge in [0, 0.05) is 14.1 Å². The number of hydrogen-bond donors (Lipinski definition) is 0. The summed E-state index contributed by atoms with van der Waals surface area (Å²) < 4.78 is 3.48. The molecule has 0 spiro atoms. The second kappa shape index (κ2) is 2.28. The highest BCUT2D eigenvalue weighted by molar-refractivity contribution is 5.23. The molecule has 0 bridgehead atoms. The Balaban J connectivity index is 3.14. The maximum Gasteiger partial charge on any atom is 0.355 e. The van der Waals surface area contributed by atoms with Crippen LogP contribution in [0.1, 0.15) is 0 Å². The van der Waals surface area contributed by atoms with Gasteiger partial charge in [-0.15, -0.1) is 4.52 Å². The minimum absolute atomic E-state index is 0.244. The summed E-state index contributed by atoms with van der Waals surface area (Å²) in [5.74, 6) is 0.244. The Morgan fingerprint density at radius 3 is 2.69 bits per heavy atom. The second-order valence-electron chi connectivity index (χ2n) is 2.69. The number of aromatic nitrogens is 5. The van der Waals surface area contributed by atoms with Crippen LogP contribution in [0.15, 0.2) is 15.9 Å². The van der Waals surface area contributed by atoms with Crippen molar-refractivity contribution >= 4 is 5.78 Å². The molecule has 2 heterocycles. The van der Waals surface area contributed by atoms with Gasteiger partial charge in [0.25, 0.3) is 0 Å². The van der Waals surface area contributed by atoms with Gasteiger partial charge in [-0.05, 0) is 0 Å². The Morgan fingerprint density at radius 1 is 1.31 bits per heavy atom. The van der Waals surface area contributed by atoms with E-state index in [1.54, 1.807) is 7.05 Å². The zero-order valence-corrected chi connectivity index (χ0v) is 7.13. The Kier molecular flexibility index (Phi) is 1.35. The Bertz CT molecular complexity index is 575. The van der Waals surface area contributed by atoms with Crippen molar-refractivity contribution in [1.82, 2.24) is 23.7 Å². The summed E-state index contributed by atoms with van der Waals surface area (Å²) in [5, 5.41) is 3.76. The third kappa shape index (κ3) is 0.897. The number of fused-ring (bicyclic) bond motifs is 1. The van der Waals surface area contributed by atoms with Crippen LogP contribution in [0.25, 0.3) is 5.78 Å². The predicted octanol–water partition coefficient (Wildman–Crippen LogP) is -1.87. The summed E-state index contributed by atoms with van der Waals surface area (Å²) in [6.07, 6.45) is 1.42. The second-order valence-corrected chi connectivity index (χ2v) is 2.69. The van der Waals surface area contributed by atoms with Gasteiger partial charge in [0.1, 0.15) is 6.33 Å². The van der Waals surface area contributed by atoms with Gasteiger partial charge in [0.15, 0.2) is 0 Å². The fraction of sp³-hybridized carbons (Fsp3) is 0.333. The molecular formula is C6H7N5O2. The molecule has 0 saturated heterocycles. The molecule has 13 heavy (non-hydrogen) atoms. The fourth-order valence-electron chi connectivity index (χ4n) is 1.03. The summed E-state index contributed by atoms with van der Waals surface area (Å²) in [6.45, 7) is 0. The first kappa shape index (κ1) is 7.71. The third-order valence-corrected chi connectivity index (χ3v) is 1.80. The summed E-state index contributed by atoms with van der Waals surface area (Å²) in [5.41, 5.74) is -1.07. The highest BCUT2D eigenvalue weighted by Crippen LogP contribution is 1.87.